The third-order valence-electron chi connectivity index (χ3n) is 3.01. The maximum Gasteiger partial charge on any atom is 0.0626 e. The Morgan fingerprint density at radius 1 is 1.12 bits per heavy atom. The van der Waals surface area contributed by atoms with Gasteiger partial charge in [-0.15, -0.1) is 0 Å². The molecular weight excluding hydrogens is 204 g/mol. The lowest BCUT2D eigenvalue weighted by atomic mass is 9.75. The van der Waals surface area contributed by atoms with Crippen LogP contribution in [0.5, 0.6) is 0 Å². The third kappa shape index (κ3) is 1.92. The lowest BCUT2D eigenvalue weighted by Crippen LogP contribution is -2.22. The van der Waals surface area contributed by atoms with Gasteiger partial charge in [-0.05, 0) is 39.4 Å². The first-order valence-electron chi connectivity index (χ1n) is 13.0. The number of fused-ring (bicyclic) bond motifs is 1. The molecule has 0 saturated heterocycles. The van der Waals surface area contributed by atoms with Gasteiger partial charge in [0.05, 0.1) is 4.11 Å². The van der Waals surface area contributed by atoms with Crippen LogP contribution < -0.4 is 0 Å². The fourth-order valence-corrected chi connectivity index (χ4v) is 2.29. The van der Waals surface area contributed by atoms with E-state index in [0.29, 0.717) is 0 Å². The summed E-state index contributed by atoms with van der Waals surface area (Å²) in [6.07, 6.45) is -1.33. The summed E-state index contributed by atoms with van der Waals surface area (Å²) < 4.78 is 123. The molecule has 0 radical (unpaired) electrons. The average Bonchev–Trinajstić information content (AvgIpc) is 2.84. The van der Waals surface area contributed by atoms with Gasteiger partial charge >= 0.3 is 0 Å². The molecule has 0 amide bonds. The Bertz CT molecular complexity index is 890. The Morgan fingerprint density at radius 2 is 1.76 bits per heavy atom. The van der Waals surface area contributed by atoms with Crippen LogP contribution in [0, 0.1) is 0 Å². The molecule has 0 atom stereocenters. The summed E-state index contributed by atoms with van der Waals surface area (Å²) in [5.41, 5.74) is -8.83. The summed E-state index contributed by atoms with van der Waals surface area (Å²) in [7, 11) is 0. The molecule has 0 heteroatoms. The predicted molar refractivity (Wildman–Crippen MR) is 75.8 cm³/mol. The summed E-state index contributed by atoms with van der Waals surface area (Å²) in [4.78, 5) is 0. The summed E-state index contributed by atoms with van der Waals surface area (Å²) in [5, 5.41) is 0. The monoisotopic (exact) mass is 245 g/mol. The van der Waals surface area contributed by atoms with Crippen molar-refractivity contribution in [3.8, 4) is 0 Å². The molecule has 1 aromatic rings. The molecule has 0 saturated carbocycles. The second-order valence-electron chi connectivity index (χ2n) is 5.74. The molecular formula is C17H26. The average molecular weight is 245 g/mol. The van der Waals surface area contributed by atoms with Gasteiger partial charge in [-0.2, -0.15) is 0 Å². The van der Waals surface area contributed by atoms with Crippen LogP contribution in [0.2, 0.25) is 0 Å². The topological polar surface area (TPSA) is 0 Å². The van der Waals surface area contributed by atoms with Crippen molar-refractivity contribution in [1.82, 2.24) is 0 Å². The molecule has 0 unspecified atom stereocenters. The van der Waals surface area contributed by atoms with Crippen LogP contribution in [0.25, 0.3) is 0 Å². The van der Waals surface area contributed by atoms with Crippen LogP contribution in [0.4, 0.5) is 0 Å². The summed E-state index contributed by atoms with van der Waals surface area (Å²) in [5.74, 6) is 0. The Labute approximate surface area is 128 Å². The SMILES string of the molecule is [2H]c1c([2H])c(C(C)(C)C)c2c(c1[2H])C(C([2H])([2H])[2H])(C([2H])([2H])[2H])CC2(C([2H])([2H])[2H])C([2H])([2H])[2H]. The van der Waals surface area contributed by atoms with Crippen LogP contribution >= 0.6 is 0 Å². The van der Waals surface area contributed by atoms with Crippen LogP contribution in [0.15, 0.2) is 18.1 Å². The van der Waals surface area contributed by atoms with E-state index in [2.05, 4.69) is 0 Å². The quantitative estimate of drug-likeness (QED) is 0.607. The molecule has 2 rings (SSSR count). The minimum Gasteiger partial charge on any atom is -0.0617 e. The van der Waals surface area contributed by atoms with Crippen molar-refractivity contribution in [2.75, 3.05) is 0 Å². The number of hydrogen-bond donors (Lipinski definition) is 0. The molecule has 0 nitrogen and oxygen atoms in total. The molecule has 94 valence electrons. The first kappa shape index (κ1) is 3.62. The molecule has 1 aromatic carbocycles. The van der Waals surface area contributed by atoms with Crippen molar-refractivity contribution in [1.29, 1.82) is 0 Å². The summed E-state index contributed by atoms with van der Waals surface area (Å²) in [6.45, 7) is -9.12. The first-order chi connectivity index (χ1) is 13.8. The van der Waals surface area contributed by atoms with E-state index in [1.807, 2.05) is 0 Å². The molecule has 0 spiro atoms. The summed E-state index contributed by atoms with van der Waals surface area (Å²) in [6, 6.07) is -2.34. The molecule has 0 aliphatic heterocycles. The molecule has 17 heavy (non-hydrogen) atoms. The highest BCUT2D eigenvalue weighted by molar-refractivity contribution is 5.51. The van der Waals surface area contributed by atoms with Gasteiger partial charge in [-0.1, -0.05) is 66.3 Å². The number of benzene rings is 1. The van der Waals surface area contributed by atoms with E-state index in [0.717, 1.165) is 0 Å². The largest absolute Gasteiger partial charge is 0.0626 e. The number of rotatable bonds is 0. The van der Waals surface area contributed by atoms with Crippen molar-refractivity contribution >= 4 is 0 Å². The van der Waals surface area contributed by atoms with Gasteiger partial charge in [0.2, 0.25) is 0 Å². The van der Waals surface area contributed by atoms with Gasteiger partial charge in [0.15, 0.2) is 0 Å². The van der Waals surface area contributed by atoms with E-state index in [4.69, 9.17) is 20.6 Å². The number of hydrogen-bond acceptors (Lipinski definition) is 0. The van der Waals surface area contributed by atoms with Crippen molar-refractivity contribution in [2.45, 2.75) is 70.8 Å². The van der Waals surface area contributed by atoms with Crippen molar-refractivity contribution < 1.29 is 20.6 Å². The Kier molecular flexibility index (Phi) is 0.717. The maximum absolute atomic E-state index is 8.44. The van der Waals surface area contributed by atoms with E-state index in [9.17, 15) is 0 Å². The highest BCUT2D eigenvalue weighted by atomic mass is 14.5. The van der Waals surface area contributed by atoms with Crippen molar-refractivity contribution in [3.05, 3.63) is 34.8 Å². The van der Waals surface area contributed by atoms with Crippen LogP contribution in [0.3, 0.4) is 0 Å². The molecule has 0 heterocycles. The minimum absolute atomic E-state index is 0.240. The van der Waals surface area contributed by atoms with E-state index in [1.165, 1.54) is 20.8 Å². The van der Waals surface area contributed by atoms with Crippen molar-refractivity contribution in [2.24, 2.45) is 0 Å². The van der Waals surface area contributed by atoms with Crippen LogP contribution in [-0.2, 0) is 16.2 Å². The molecule has 1 aliphatic carbocycles. The van der Waals surface area contributed by atoms with Crippen LogP contribution in [-0.4, -0.2) is 0 Å². The predicted octanol–water partition coefficient (Wildman–Crippen LogP) is 4.94. The highest BCUT2D eigenvalue weighted by Gasteiger charge is 2.44. The lowest BCUT2D eigenvalue weighted by Gasteiger charge is -2.29. The van der Waals surface area contributed by atoms with E-state index >= 15 is 0 Å². The zero-order valence-corrected chi connectivity index (χ0v) is 10.2. The summed E-state index contributed by atoms with van der Waals surface area (Å²) >= 11 is 0. The zero-order chi connectivity index (χ0) is 25.7. The van der Waals surface area contributed by atoms with Gasteiger partial charge in [-0.25, -0.2) is 0 Å². The van der Waals surface area contributed by atoms with E-state index < -0.39 is 79.3 Å². The second kappa shape index (κ2) is 3.37. The molecule has 1 aliphatic rings. The fraction of sp³-hybridized carbons (Fsp3) is 0.647. The molecule has 0 N–H and O–H groups in total. The zero-order valence-electron chi connectivity index (χ0n) is 25.2. The normalized spacial score (nSPS) is 37.2. The Hall–Kier alpha value is -0.780. The van der Waals surface area contributed by atoms with Gasteiger partial charge < -0.3 is 0 Å². The third-order valence-corrected chi connectivity index (χ3v) is 3.01. The molecule has 0 bridgehead atoms. The van der Waals surface area contributed by atoms with Crippen LogP contribution in [0.1, 0.15) is 91.9 Å². The smallest absolute Gasteiger partial charge is 0.0617 e. The highest BCUT2D eigenvalue weighted by Crippen LogP contribution is 2.52. The van der Waals surface area contributed by atoms with Crippen molar-refractivity contribution in [3.63, 3.8) is 0 Å². The lowest BCUT2D eigenvalue weighted by molar-refractivity contribution is 0.399. The van der Waals surface area contributed by atoms with Gasteiger partial charge in [0.25, 0.3) is 0 Å². The Morgan fingerprint density at radius 3 is 2.29 bits per heavy atom. The minimum atomic E-state index is -3.44. The molecule has 0 aromatic heterocycles. The van der Waals surface area contributed by atoms with E-state index in [-0.39, 0.29) is 5.56 Å². The van der Waals surface area contributed by atoms with E-state index in [1.54, 1.807) is 0 Å². The standard InChI is InChI=1S/C17H26/c1-15(2,3)12-9-8-10-13-14(12)17(6,7)11-16(13,4)5/h8-10H,11H2,1-7H3/i4D3,5D3,6D3,7D3,8D,9D,10D. The fourth-order valence-electron chi connectivity index (χ4n) is 2.29. The Balaban J connectivity index is 3.47. The second-order valence-corrected chi connectivity index (χ2v) is 5.74. The maximum atomic E-state index is 8.44. The van der Waals surface area contributed by atoms with Gasteiger partial charge in [-0.3, -0.25) is 0 Å². The van der Waals surface area contributed by atoms with Gasteiger partial charge in [0, 0.05) is 16.4 Å². The first-order valence-corrected chi connectivity index (χ1v) is 5.46. The van der Waals surface area contributed by atoms with Gasteiger partial charge in [0.1, 0.15) is 0 Å². The molecule has 0 fully saturated rings.